The minimum atomic E-state index is 0.735. The van der Waals surface area contributed by atoms with Crippen molar-refractivity contribution < 1.29 is 9.15 Å². The number of ether oxygens (including phenoxy) is 1. The summed E-state index contributed by atoms with van der Waals surface area (Å²) in [5.41, 5.74) is 1.26. The van der Waals surface area contributed by atoms with E-state index in [9.17, 15) is 0 Å². The van der Waals surface area contributed by atoms with Gasteiger partial charge < -0.3 is 14.5 Å². The van der Waals surface area contributed by atoms with E-state index in [0.717, 1.165) is 56.8 Å². The monoisotopic (exact) mass is 280 g/mol. The Morgan fingerprint density at radius 1 is 1.40 bits per heavy atom. The van der Waals surface area contributed by atoms with Crippen molar-refractivity contribution in [1.29, 1.82) is 0 Å². The Labute approximate surface area is 122 Å². The maximum atomic E-state index is 5.96. The third-order valence-corrected chi connectivity index (χ3v) is 4.10. The van der Waals surface area contributed by atoms with Crippen LogP contribution in [0.15, 0.2) is 10.5 Å². The zero-order valence-electron chi connectivity index (χ0n) is 13.1. The fourth-order valence-electron chi connectivity index (χ4n) is 2.85. The fraction of sp³-hybridized carbons (Fsp3) is 0.750. The van der Waals surface area contributed by atoms with E-state index in [0.29, 0.717) is 0 Å². The third-order valence-electron chi connectivity index (χ3n) is 4.10. The molecule has 0 saturated carbocycles. The molecule has 0 bridgehead atoms. The summed E-state index contributed by atoms with van der Waals surface area (Å²) in [6.45, 7) is 10.2. The summed E-state index contributed by atoms with van der Waals surface area (Å²) in [5.74, 6) is 2.91. The average molecular weight is 280 g/mol. The van der Waals surface area contributed by atoms with Crippen molar-refractivity contribution in [2.24, 2.45) is 5.92 Å². The molecule has 1 fully saturated rings. The Bertz CT molecular complexity index is 395. The summed E-state index contributed by atoms with van der Waals surface area (Å²) in [4.78, 5) is 2.49. The number of nitrogens with zero attached hydrogens (tertiary/aromatic N) is 1. The van der Waals surface area contributed by atoms with E-state index >= 15 is 0 Å². The zero-order valence-corrected chi connectivity index (χ0v) is 13.1. The van der Waals surface area contributed by atoms with Crippen LogP contribution in [-0.4, -0.2) is 38.3 Å². The van der Waals surface area contributed by atoms with Gasteiger partial charge in [0.15, 0.2) is 0 Å². The van der Waals surface area contributed by atoms with Crippen molar-refractivity contribution in [2.45, 2.75) is 39.8 Å². The number of piperidine rings is 1. The van der Waals surface area contributed by atoms with Gasteiger partial charge in [0, 0.05) is 13.7 Å². The number of likely N-dealkylation sites (tertiary alicyclic amines) is 1. The molecule has 20 heavy (non-hydrogen) atoms. The summed E-state index contributed by atoms with van der Waals surface area (Å²) in [6.07, 6.45) is 2.47. The van der Waals surface area contributed by atoms with Crippen LogP contribution in [0.4, 0.5) is 0 Å². The van der Waals surface area contributed by atoms with Crippen molar-refractivity contribution in [1.82, 2.24) is 10.2 Å². The Balaban J connectivity index is 1.82. The van der Waals surface area contributed by atoms with E-state index in [1.165, 1.54) is 18.4 Å². The van der Waals surface area contributed by atoms with Crippen LogP contribution in [0.25, 0.3) is 0 Å². The van der Waals surface area contributed by atoms with E-state index in [-0.39, 0.29) is 0 Å². The molecule has 0 spiro atoms. The van der Waals surface area contributed by atoms with Gasteiger partial charge in [0.25, 0.3) is 0 Å². The molecule has 0 atom stereocenters. The second-order valence-electron chi connectivity index (χ2n) is 5.77. The molecule has 0 radical (unpaired) electrons. The van der Waals surface area contributed by atoms with Gasteiger partial charge in [-0.2, -0.15) is 0 Å². The van der Waals surface area contributed by atoms with E-state index in [1.54, 1.807) is 7.11 Å². The Hall–Kier alpha value is -0.840. The molecular weight excluding hydrogens is 252 g/mol. The molecule has 2 heterocycles. The lowest BCUT2D eigenvalue weighted by Crippen LogP contribution is -2.34. The molecule has 1 N–H and O–H groups in total. The third kappa shape index (κ3) is 4.33. The van der Waals surface area contributed by atoms with Gasteiger partial charge >= 0.3 is 0 Å². The van der Waals surface area contributed by atoms with E-state index < -0.39 is 0 Å². The summed E-state index contributed by atoms with van der Waals surface area (Å²) >= 11 is 0. The normalized spacial score (nSPS) is 17.8. The molecule has 1 aromatic rings. The molecule has 114 valence electrons. The molecule has 1 saturated heterocycles. The van der Waals surface area contributed by atoms with Gasteiger partial charge in [0.05, 0.1) is 13.1 Å². The number of hydrogen-bond donors (Lipinski definition) is 1. The van der Waals surface area contributed by atoms with Gasteiger partial charge in [-0.1, -0.05) is 6.92 Å². The molecular formula is C16H28N2O2. The highest BCUT2D eigenvalue weighted by molar-refractivity contribution is 5.20. The highest BCUT2D eigenvalue weighted by atomic mass is 16.5. The van der Waals surface area contributed by atoms with Crippen molar-refractivity contribution in [3.05, 3.63) is 23.2 Å². The molecule has 1 aliphatic heterocycles. The molecule has 0 amide bonds. The van der Waals surface area contributed by atoms with Gasteiger partial charge in [0.2, 0.25) is 0 Å². The smallest absolute Gasteiger partial charge is 0.120 e. The first-order valence-corrected chi connectivity index (χ1v) is 7.73. The molecule has 4 nitrogen and oxygen atoms in total. The molecule has 1 aliphatic rings. The second kappa shape index (κ2) is 7.81. The van der Waals surface area contributed by atoms with Crippen LogP contribution in [0.3, 0.4) is 0 Å². The Morgan fingerprint density at radius 2 is 2.15 bits per heavy atom. The second-order valence-corrected chi connectivity index (χ2v) is 5.77. The summed E-state index contributed by atoms with van der Waals surface area (Å²) < 4.78 is 11.2. The predicted octanol–water partition coefficient (Wildman–Crippen LogP) is 2.56. The standard InChI is InChI=1S/C16H28N2O2/c1-4-17-10-16-13(2)9-15(20-16)11-18-7-5-14(6-8-18)12-19-3/h9,14,17H,4-8,10-12H2,1-3H3. The first kappa shape index (κ1) is 15.5. The van der Waals surface area contributed by atoms with Gasteiger partial charge in [-0.3, -0.25) is 4.90 Å². The molecule has 0 aliphatic carbocycles. The van der Waals surface area contributed by atoms with E-state index in [2.05, 4.69) is 30.1 Å². The van der Waals surface area contributed by atoms with Crippen LogP contribution >= 0.6 is 0 Å². The van der Waals surface area contributed by atoms with Gasteiger partial charge in [-0.25, -0.2) is 0 Å². The largest absolute Gasteiger partial charge is 0.463 e. The lowest BCUT2D eigenvalue weighted by molar-refractivity contribution is 0.0937. The molecule has 2 rings (SSSR count). The maximum absolute atomic E-state index is 5.96. The zero-order chi connectivity index (χ0) is 14.4. The lowest BCUT2D eigenvalue weighted by Gasteiger charge is -2.30. The first-order chi connectivity index (χ1) is 9.72. The molecule has 1 aromatic heterocycles. The van der Waals surface area contributed by atoms with Gasteiger partial charge in [0.1, 0.15) is 11.5 Å². The number of methoxy groups -OCH3 is 1. The van der Waals surface area contributed by atoms with Crippen LogP contribution in [-0.2, 0) is 17.8 Å². The van der Waals surface area contributed by atoms with Gasteiger partial charge in [-0.15, -0.1) is 0 Å². The van der Waals surface area contributed by atoms with Crippen molar-refractivity contribution >= 4 is 0 Å². The van der Waals surface area contributed by atoms with E-state index in [4.69, 9.17) is 9.15 Å². The number of furan rings is 1. The molecule has 0 unspecified atom stereocenters. The summed E-state index contributed by atoms with van der Waals surface area (Å²) in [7, 11) is 1.80. The fourth-order valence-corrected chi connectivity index (χ4v) is 2.85. The van der Waals surface area contributed by atoms with Crippen molar-refractivity contribution in [2.75, 3.05) is 33.4 Å². The summed E-state index contributed by atoms with van der Waals surface area (Å²) in [6, 6.07) is 2.19. The number of nitrogens with one attached hydrogen (secondary N) is 1. The number of hydrogen-bond acceptors (Lipinski definition) is 4. The van der Waals surface area contributed by atoms with Crippen LogP contribution in [0, 0.1) is 12.8 Å². The lowest BCUT2D eigenvalue weighted by atomic mass is 9.98. The van der Waals surface area contributed by atoms with Crippen molar-refractivity contribution in [3.63, 3.8) is 0 Å². The van der Waals surface area contributed by atoms with E-state index in [1.807, 2.05) is 0 Å². The SMILES string of the molecule is CCNCc1oc(CN2CCC(COC)CC2)cc1C. The molecule has 4 heteroatoms. The Kier molecular flexibility index (Phi) is 6.07. The summed E-state index contributed by atoms with van der Waals surface area (Å²) in [5, 5.41) is 3.32. The number of rotatable bonds is 7. The topological polar surface area (TPSA) is 37.6 Å². The highest BCUT2D eigenvalue weighted by Gasteiger charge is 2.20. The quantitative estimate of drug-likeness (QED) is 0.833. The minimum absolute atomic E-state index is 0.735. The maximum Gasteiger partial charge on any atom is 0.120 e. The van der Waals surface area contributed by atoms with Crippen LogP contribution in [0.2, 0.25) is 0 Å². The van der Waals surface area contributed by atoms with Crippen LogP contribution in [0.5, 0.6) is 0 Å². The first-order valence-electron chi connectivity index (χ1n) is 7.73. The van der Waals surface area contributed by atoms with Crippen LogP contribution < -0.4 is 5.32 Å². The number of aryl methyl sites for hydroxylation is 1. The minimum Gasteiger partial charge on any atom is -0.463 e. The predicted molar refractivity (Wildman–Crippen MR) is 80.7 cm³/mol. The molecule has 0 aromatic carbocycles. The average Bonchev–Trinajstić information content (AvgIpc) is 2.79. The van der Waals surface area contributed by atoms with Crippen molar-refractivity contribution in [3.8, 4) is 0 Å². The highest BCUT2D eigenvalue weighted by Crippen LogP contribution is 2.21. The Morgan fingerprint density at radius 3 is 2.80 bits per heavy atom. The van der Waals surface area contributed by atoms with Crippen LogP contribution in [0.1, 0.15) is 36.8 Å². The van der Waals surface area contributed by atoms with Gasteiger partial charge in [-0.05, 0) is 56.9 Å².